The number of piperidine rings is 1. The van der Waals surface area contributed by atoms with Crippen molar-refractivity contribution in [3.8, 4) is 0 Å². The van der Waals surface area contributed by atoms with Crippen molar-refractivity contribution in [3.63, 3.8) is 0 Å². The Morgan fingerprint density at radius 1 is 0.943 bits per heavy atom. The number of nitrogens with zero attached hydrogens (tertiary/aromatic N) is 5. The van der Waals surface area contributed by atoms with Crippen LogP contribution in [0, 0.1) is 0 Å². The first kappa shape index (κ1) is 24.6. The molecule has 0 radical (unpaired) electrons. The van der Waals surface area contributed by atoms with Gasteiger partial charge < -0.3 is 9.80 Å². The maximum Gasteiger partial charge on any atom is 0.433 e. The fraction of sp³-hybridized carbons (Fsp3) is 0.417. The van der Waals surface area contributed by atoms with Gasteiger partial charge in [0.1, 0.15) is 5.69 Å². The van der Waals surface area contributed by atoms with E-state index in [1.165, 1.54) is 11.1 Å². The van der Waals surface area contributed by atoms with E-state index in [2.05, 4.69) is 4.98 Å². The van der Waals surface area contributed by atoms with Crippen LogP contribution in [0.15, 0.2) is 48.7 Å². The summed E-state index contributed by atoms with van der Waals surface area (Å²) in [4.78, 5) is 44.9. The number of piperazine rings is 1. The minimum absolute atomic E-state index is 0.0160. The number of carbonyl (C=O) groups is 3. The van der Waals surface area contributed by atoms with Gasteiger partial charge in [0, 0.05) is 44.7 Å². The molecule has 1 aromatic carbocycles. The smallest absolute Gasteiger partial charge is 0.338 e. The third-order valence-corrected chi connectivity index (χ3v) is 6.14. The second kappa shape index (κ2) is 10.4. The van der Waals surface area contributed by atoms with Crippen LogP contribution < -0.4 is 5.01 Å². The zero-order chi connectivity index (χ0) is 25.0. The Hall–Kier alpha value is -3.47. The van der Waals surface area contributed by atoms with Gasteiger partial charge in [-0.25, -0.2) is 15.0 Å². The summed E-state index contributed by atoms with van der Waals surface area (Å²) >= 11 is 0. The first-order valence-electron chi connectivity index (χ1n) is 11.5. The van der Waals surface area contributed by atoms with E-state index in [0.717, 1.165) is 25.1 Å². The molecule has 0 unspecified atom stereocenters. The molecule has 4 rings (SSSR count). The van der Waals surface area contributed by atoms with Crippen LogP contribution in [0.3, 0.4) is 0 Å². The van der Waals surface area contributed by atoms with E-state index in [0.29, 0.717) is 44.7 Å². The van der Waals surface area contributed by atoms with Crippen molar-refractivity contribution in [2.24, 2.45) is 0 Å². The van der Waals surface area contributed by atoms with Gasteiger partial charge in [-0.05, 0) is 37.1 Å². The van der Waals surface area contributed by atoms with Gasteiger partial charge in [0.05, 0.1) is 18.4 Å². The summed E-state index contributed by atoms with van der Waals surface area (Å²) in [5, 5.41) is 3.02. The van der Waals surface area contributed by atoms with Gasteiger partial charge >= 0.3 is 6.18 Å². The van der Waals surface area contributed by atoms with Crippen molar-refractivity contribution < 1.29 is 27.6 Å². The summed E-state index contributed by atoms with van der Waals surface area (Å²) in [7, 11) is 0. The molecule has 11 heteroatoms. The molecule has 2 fully saturated rings. The third kappa shape index (κ3) is 5.79. The van der Waals surface area contributed by atoms with E-state index in [9.17, 15) is 27.6 Å². The number of benzene rings is 1. The molecule has 0 atom stereocenters. The second-order valence-corrected chi connectivity index (χ2v) is 8.49. The topological polar surface area (TPSA) is 77.1 Å². The summed E-state index contributed by atoms with van der Waals surface area (Å²) in [5.41, 5.74) is -0.476. The van der Waals surface area contributed by atoms with Crippen molar-refractivity contribution in [1.82, 2.24) is 19.8 Å². The van der Waals surface area contributed by atoms with Crippen LogP contribution in [0.25, 0.3) is 0 Å². The molecule has 2 aromatic rings. The van der Waals surface area contributed by atoms with E-state index in [1.807, 2.05) is 0 Å². The van der Waals surface area contributed by atoms with Crippen LogP contribution in [-0.4, -0.2) is 76.8 Å². The zero-order valence-corrected chi connectivity index (χ0v) is 19.1. The highest BCUT2D eigenvalue weighted by molar-refractivity contribution is 6.05. The Morgan fingerprint density at radius 2 is 1.66 bits per heavy atom. The molecule has 1 aromatic heterocycles. The first-order valence-corrected chi connectivity index (χ1v) is 11.5. The molecule has 2 aliphatic heterocycles. The number of carbonyl (C=O) groups excluding carboxylic acids is 3. The molecule has 8 nitrogen and oxygen atoms in total. The summed E-state index contributed by atoms with van der Waals surface area (Å²) < 4.78 is 39.0. The predicted octanol–water partition coefficient (Wildman–Crippen LogP) is 2.82. The second-order valence-electron chi connectivity index (χ2n) is 8.49. The number of rotatable bonds is 5. The number of halogens is 3. The molecule has 35 heavy (non-hydrogen) atoms. The van der Waals surface area contributed by atoms with Crippen molar-refractivity contribution in [2.75, 3.05) is 44.3 Å². The van der Waals surface area contributed by atoms with Crippen molar-refractivity contribution in [3.05, 3.63) is 59.9 Å². The van der Waals surface area contributed by atoms with Gasteiger partial charge in [-0.2, -0.15) is 13.2 Å². The van der Waals surface area contributed by atoms with Gasteiger partial charge in [-0.3, -0.25) is 14.4 Å². The van der Waals surface area contributed by atoms with Gasteiger partial charge in [0.2, 0.25) is 11.8 Å². The highest BCUT2D eigenvalue weighted by atomic mass is 19.4. The SMILES string of the molecule is O=C(CN1CCCCC1=O)N1CCN(N(C(=O)c2ccccc2)c2ccc(C(F)(F)F)nc2)CC1. The Kier molecular flexibility index (Phi) is 7.34. The van der Waals surface area contributed by atoms with Crippen LogP contribution in [0.5, 0.6) is 0 Å². The number of hydrogen-bond acceptors (Lipinski definition) is 5. The van der Waals surface area contributed by atoms with Crippen LogP contribution >= 0.6 is 0 Å². The predicted molar refractivity (Wildman–Crippen MR) is 121 cm³/mol. The molecule has 0 spiro atoms. The number of hydrazine groups is 1. The van der Waals surface area contributed by atoms with Crippen LogP contribution in [0.1, 0.15) is 35.3 Å². The van der Waals surface area contributed by atoms with Crippen LogP contribution in [0.4, 0.5) is 18.9 Å². The summed E-state index contributed by atoms with van der Waals surface area (Å²) in [6.07, 6.45) is -1.38. The Labute approximate surface area is 200 Å². The van der Waals surface area contributed by atoms with Crippen LogP contribution in [-0.2, 0) is 15.8 Å². The first-order chi connectivity index (χ1) is 16.7. The molecule has 3 heterocycles. The standard InChI is InChI=1S/C24H26F3N5O3/c25-24(26,27)20-10-9-19(16-28-20)32(23(35)18-6-2-1-3-7-18)31-14-12-29(13-15-31)22(34)17-30-11-5-4-8-21(30)33/h1-3,6-7,9-10,16H,4-5,8,11-15,17H2. The summed E-state index contributed by atoms with van der Waals surface area (Å²) in [6, 6.07) is 10.5. The summed E-state index contributed by atoms with van der Waals surface area (Å²) in [5.74, 6) is -0.583. The van der Waals surface area contributed by atoms with Crippen LogP contribution in [0.2, 0.25) is 0 Å². The van der Waals surface area contributed by atoms with Crippen molar-refractivity contribution in [1.29, 1.82) is 0 Å². The number of pyridine rings is 1. The number of alkyl halides is 3. The van der Waals surface area contributed by atoms with Gasteiger partial charge in [-0.1, -0.05) is 18.2 Å². The minimum Gasteiger partial charge on any atom is -0.338 e. The fourth-order valence-corrected chi connectivity index (χ4v) is 4.23. The average molecular weight is 489 g/mol. The van der Waals surface area contributed by atoms with Gasteiger partial charge in [0.25, 0.3) is 5.91 Å². The quantitative estimate of drug-likeness (QED) is 0.646. The lowest BCUT2D eigenvalue weighted by Crippen LogP contribution is -2.58. The Bertz CT molecular complexity index is 1050. The van der Waals surface area contributed by atoms with E-state index >= 15 is 0 Å². The molecule has 186 valence electrons. The Morgan fingerprint density at radius 3 is 2.26 bits per heavy atom. The third-order valence-electron chi connectivity index (χ3n) is 6.14. The molecular formula is C24H26F3N5O3. The minimum atomic E-state index is -4.59. The monoisotopic (exact) mass is 489 g/mol. The van der Waals surface area contributed by atoms with E-state index in [-0.39, 0.29) is 24.0 Å². The normalized spacial score (nSPS) is 17.4. The molecule has 2 aliphatic rings. The van der Waals surface area contributed by atoms with Crippen molar-refractivity contribution in [2.45, 2.75) is 25.4 Å². The highest BCUT2D eigenvalue weighted by Crippen LogP contribution is 2.29. The van der Waals surface area contributed by atoms with E-state index < -0.39 is 17.8 Å². The number of anilines is 1. The molecule has 0 saturated carbocycles. The van der Waals surface area contributed by atoms with E-state index in [4.69, 9.17) is 0 Å². The van der Waals surface area contributed by atoms with Crippen molar-refractivity contribution >= 4 is 23.4 Å². The lowest BCUT2D eigenvalue weighted by Gasteiger charge is -2.41. The fourth-order valence-electron chi connectivity index (χ4n) is 4.23. The Balaban J connectivity index is 1.49. The zero-order valence-electron chi connectivity index (χ0n) is 19.1. The molecule has 0 bridgehead atoms. The van der Waals surface area contributed by atoms with E-state index in [1.54, 1.807) is 45.1 Å². The average Bonchev–Trinajstić information content (AvgIpc) is 2.86. The van der Waals surface area contributed by atoms with Gasteiger partial charge in [-0.15, -0.1) is 0 Å². The number of amides is 3. The molecule has 3 amide bonds. The summed E-state index contributed by atoms with van der Waals surface area (Å²) in [6.45, 7) is 1.82. The number of aromatic nitrogens is 1. The highest BCUT2D eigenvalue weighted by Gasteiger charge is 2.34. The molecule has 0 N–H and O–H groups in total. The lowest BCUT2D eigenvalue weighted by molar-refractivity contribution is -0.142. The largest absolute Gasteiger partial charge is 0.433 e. The maximum absolute atomic E-state index is 13.4. The molecule has 2 saturated heterocycles. The van der Waals surface area contributed by atoms with Gasteiger partial charge in [0.15, 0.2) is 0 Å². The molecular weight excluding hydrogens is 463 g/mol. The number of likely N-dealkylation sites (tertiary alicyclic amines) is 1. The lowest BCUT2D eigenvalue weighted by atomic mass is 10.1. The number of hydrogen-bond donors (Lipinski definition) is 0. The maximum atomic E-state index is 13.4. The molecule has 0 aliphatic carbocycles.